The van der Waals surface area contributed by atoms with Crippen molar-refractivity contribution in [2.75, 3.05) is 19.6 Å². The summed E-state index contributed by atoms with van der Waals surface area (Å²) in [6, 6.07) is 15.9. The van der Waals surface area contributed by atoms with Crippen LogP contribution in [0.4, 0.5) is 4.79 Å². The maximum absolute atomic E-state index is 13.6. The summed E-state index contributed by atoms with van der Waals surface area (Å²) in [7, 11) is 0. The zero-order valence-corrected chi connectivity index (χ0v) is 28.7. The highest BCUT2D eigenvalue weighted by atomic mass is 16.2. The zero-order valence-electron chi connectivity index (χ0n) is 28.7. The molecule has 1 saturated carbocycles. The fourth-order valence-corrected chi connectivity index (χ4v) is 8.28. The van der Waals surface area contributed by atoms with Gasteiger partial charge in [-0.3, -0.25) is 19.3 Å². The van der Waals surface area contributed by atoms with Gasteiger partial charge in [0.1, 0.15) is 11.6 Å². The average Bonchev–Trinajstić information content (AvgIpc) is 3.21. The Kier molecular flexibility index (Phi) is 11.4. The van der Waals surface area contributed by atoms with Crippen molar-refractivity contribution in [2.45, 2.75) is 116 Å². The van der Waals surface area contributed by atoms with E-state index in [-0.39, 0.29) is 23.3 Å². The van der Waals surface area contributed by atoms with Gasteiger partial charge in [0, 0.05) is 26.1 Å². The summed E-state index contributed by atoms with van der Waals surface area (Å²) in [5, 5.41) is 5.58. The van der Waals surface area contributed by atoms with Gasteiger partial charge in [0.25, 0.3) is 5.91 Å². The number of carbonyl (C=O) groups is 4. The maximum atomic E-state index is 13.6. The van der Waals surface area contributed by atoms with Crippen LogP contribution in [0.1, 0.15) is 100 Å². The molecule has 2 heterocycles. The maximum Gasteiger partial charge on any atom is 0.325 e. The Balaban J connectivity index is 0.000000365. The monoisotopic (exact) mass is 642 g/mol. The standard InChI is InChI=1S/C29H42N4O4.C10H12/c1-21-10-12-22(13-11-21)18-24(30-20-34)25(35)32-16-7-14-29(15-17-32,23-8-5-4-6-9-23)19-33-26(36)28(2,3)31-27(33)37;1-2-6-10-8-4-3-7-9(10)5-1/h10-13,20,23-24H,4-9,14-19H2,1-3H3,(H,30,34)(H,31,37);1-2,5-6H,3-4,7-8H2/t24-,29?;/m1./s1. The highest BCUT2D eigenvalue weighted by Gasteiger charge is 2.50. The molecule has 2 aliphatic heterocycles. The van der Waals surface area contributed by atoms with Crippen LogP contribution in [0.3, 0.4) is 0 Å². The molecule has 8 heteroatoms. The summed E-state index contributed by atoms with van der Waals surface area (Å²) >= 11 is 0. The number of urea groups is 1. The first-order valence-electron chi connectivity index (χ1n) is 17.9. The van der Waals surface area contributed by atoms with Crippen molar-refractivity contribution < 1.29 is 19.2 Å². The number of nitrogens with zero attached hydrogens (tertiary/aromatic N) is 2. The molecule has 0 aromatic heterocycles. The molecule has 6 rings (SSSR count). The number of nitrogens with one attached hydrogen (secondary N) is 2. The van der Waals surface area contributed by atoms with E-state index in [1.807, 2.05) is 36.1 Å². The predicted molar refractivity (Wildman–Crippen MR) is 185 cm³/mol. The normalized spacial score (nSPS) is 23.5. The van der Waals surface area contributed by atoms with Crippen LogP contribution in [-0.4, -0.2) is 65.3 Å². The van der Waals surface area contributed by atoms with Crippen molar-refractivity contribution in [3.8, 4) is 0 Å². The first-order chi connectivity index (χ1) is 22.6. The van der Waals surface area contributed by atoms with Gasteiger partial charge in [0.2, 0.25) is 12.3 Å². The Morgan fingerprint density at radius 2 is 1.57 bits per heavy atom. The first kappa shape index (κ1) is 34.6. The molecule has 8 nitrogen and oxygen atoms in total. The third-order valence-electron chi connectivity index (χ3n) is 11.1. The lowest BCUT2D eigenvalue weighted by atomic mass is 9.64. The van der Waals surface area contributed by atoms with Gasteiger partial charge >= 0.3 is 6.03 Å². The quantitative estimate of drug-likeness (QED) is 0.268. The molecule has 1 unspecified atom stereocenters. The van der Waals surface area contributed by atoms with Crippen molar-refractivity contribution in [2.24, 2.45) is 11.3 Å². The summed E-state index contributed by atoms with van der Waals surface area (Å²) in [5.41, 5.74) is 4.22. The number of benzene rings is 2. The van der Waals surface area contributed by atoms with Gasteiger partial charge in [-0.05, 0) is 107 Å². The van der Waals surface area contributed by atoms with Crippen LogP contribution in [0.5, 0.6) is 0 Å². The summed E-state index contributed by atoms with van der Waals surface area (Å²) in [4.78, 5) is 54.2. The van der Waals surface area contributed by atoms with Gasteiger partial charge in [-0.1, -0.05) is 73.4 Å². The van der Waals surface area contributed by atoms with Crippen molar-refractivity contribution in [3.63, 3.8) is 0 Å². The Labute approximate surface area is 281 Å². The number of likely N-dealkylation sites (tertiary alicyclic amines) is 1. The molecule has 0 radical (unpaired) electrons. The summed E-state index contributed by atoms with van der Waals surface area (Å²) in [6.07, 6.45) is 14.6. The molecule has 2 N–H and O–H groups in total. The molecule has 2 aromatic rings. The molecule has 4 aliphatic rings. The summed E-state index contributed by atoms with van der Waals surface area (Å²) < 4.78 is 0. The third kappa shape index (κ3) is 8.43. The fourth-order valence-electron chi connectivity index (χ4n) is 8.28. The Morgan fingerprint density at radius 1 is 0.915 bits per heavy atom. The van der Waals surface area contributed by atoms with Crippen LogP contribution < -0.4 is 10.6 Å². The SMILES string of the molecule is Cc1ccc(C[C@@H](NC=O)C(=O)N2CCCC(CN3C(=O)NC(C)(C)C3=O)(C3CCCCC3)CC2)cc1.c1ccc2c(c1)CCCC2. The highest BCUT2D eigenvalue weighted by molar-refractivity contribution is 6.06. The second-order valence-corrected chi connectivity index (χ2v) is 14.8. The van der Waals surface area contributed by atoms with Gasteiger partial charge in [-0.15, -0.1) is 0 Å². The Bertz CT molecular complexity index is 1370. The van der Waals surface area contributed by atoms with E-state index in [1.54, 1.807) is 25.0 Å². The molecule has 3 fully saturated rings. The number of aryl methyl sites for hydroxylation is 3. The third-order valence-corrected chi connectivity index (χ3v) is 11.1. The second-order valence-electron chi connectivity index (χ2n) is 14.8. The van der Waals surface area contributed by atoms with Gasteiger partial charge in [-0.25, -0.2) is 4.79 Å². The molecule has 2 atom stereocenters. The molecule has 0 spiro atoms. The van der Waals surface area contributed by atoms with Crippen LogP contribution in [0.25, 0.3) is 0 Å². The van der Waals surface area contributed by atoms with Crippen LogP contribution in [-0.2, 0) is 33.6 Å². The largest absolute Gasteiger partial charge is 0.347 e. The first-order valence-corrected chi connectivity index (χ1v) is 17.9. The number of imide groups is 1. The number of hydrogen-bond acceptors (Lipinski definition) is 4. The zero-order chi connectivity index (χ0) is 33.4. The number of carbonyl (C=O) groups excluding carboxylic acids is 4. The molecule has 5 amide bonds. The van der Waals surface area contributed by atoms with E-state index in [0.29, 0.717) is 38.4 Å². The van der Waals surface area contributed by atoms with E-state index in [4.69, 9.17) is 0 Å². The molecule has 2 aliphatic carbocycles. The second kappa shape index (κ2) is 15.5. The number of rotatable bonds is 8. The van der Waals surface area contributed by atoms with E-state index >= 15 is 0 Å². The number of fused-ring (bicyclic) bond motifs is 1. The van der Waals surface area contributed by atoms with E-state index < -0.39 is 11.6 Å². The van der Waals surface area contributed by atoms with Crippen molar-refractivity contribution >= 4 is 24.3 Å². The van der Waals surface area contributed by atoms with Crippen molar-refractivity contribution in [1.29, 1.82) is 0 Å². The molecular formula is C39H54N4O4. The molecular weight excluding hydrogens is 588 g/mol. The number of hydrogen-bond donors (Lipinski definition) is 2. The fraction of sp³-hybridized carbons (Fsp3) is 0.590. The minimum atomic E-state index is -0.888. The highest BCUT2D eigenvalue weighted by Crippen LogP contribution is 2.47. The smallest absolute Gasteiger partial charge is 0.325 e. The minimum absolute atomic E-state index is 0.0664. The van der Waals surface area contributed by atoms with Crippen LogP contribution >= 0.6 is 0 Å². The Morgan fingerprint density at radius 3 is 2.17 bits per heavy atom. The van der Waals surface area contributed by atoms with Gasteiger partial charge in [-0.2, -0.15) is 0 Å². The van der Waals surface area contributed by atoms with E-state index in [9.17, 15) is 19.2 Å². The van der Waals surface area contributed by atoms with Gasteiger partial charge < -0.3 is 15.5 Å². The van der Waals surface area contributed by atoms with Crippen molar-refractivity contribution in [3.05, 3.63) is 70.8 Å². The molecule has 0 bridgehead atoms. The van der Waals surface area contributed by atoms with Gasteiger partial charge in [0.15, 0.2) is 0 Å². The molecule has 2 saturated heterocycles. The summed E-state index contributed by atoms with van der Waals surface area (Å²) in [5.74, 6) is 0.193. The van der Waals surface area contributed by atoms with Gasteiger partial charge in [0.05, 0.1) is 0 Å². The lowest BCUT2D eigenvalue weighted by Gasteiger charge is -2.44. The minimum Gasteiger partial charge on any atom is -0.347 e. The van der Waals surface area contributed by atoms with E-state index in [2.05, 4.69) is 34.9 Å². The van der Waals surface area contributed by atoms with E-state index in [1.165, 1.54) is 49.8 Å². The lowest BCUT2D eigenvalue weighted by molar-refractivity contribution is -0.135. The predicted octanol–water partition coefficient (Wildman–Crippen LogP) is 6.13. The summed E-state index contributed by atoms with van der Waals surface area (Å²) in [6.45, 7) is 7.11. The topological polar surface area (TPSA) is 98.8 Å². The lowest BCUT2D eigenvalue weighted by Crippen LogP contribution is -2.49. The molecule has 2 aromatic carbocycles. The molecule has 47 heavy (non-hydrogen) atoms. The Hall–Kier alpha value is -3.68. The number of amides is 5. The van der Waals surface area contributed by atoms with Crippen molar-refractivity contribution in [1.82, 2.24) is 20.4 Å². The molecule has 254 valence electrons. The van der Waals surface area contributed by atoms with Crippen LogP contribution in [0.2, 0.25) is 0 Å². The average molecular weight is 643 g/mol. The van der Waals surface area contributed by atoms with E-state index in [0.717, 1.165) is 43.2 Å². The van der Waals surface area contributed by atoms with Crippen LogP contribution in [0.15, 0.2) is 48.5 Å². The van der Waals surface area contributed by atoms with Crippen LogP contribution in [0, 0.1) is 18.3 Å².